The number of fused-ring (bicyclic) bond motifs is 6. The number of benzene rings is 2. The van der Waals surface area contributed by atoms with Crippen molar-refractivity contribution in [1.29, 1.82) is 0 Å². The number of hydrogen-bond acceptors (Lipinski definition) is 3. The average Bonchev–Trinajstić information content (AvgIpc) is 3.49. The summed E-state index contributed by atoms with van der Waals surface area (Å²) in [4.78, 5) is 4.57. The van der Waals surface area contributed by atoms with Crippen LogP contribution in [0.2, 0.25) is 0 Å². The van der Waals surface area contributed by atoms with Crippen molar-refractivity contribution in [3.8, 4) is 11.5 Å². The van der Waals surface area contributed by atoms with Gasteiger partial charge in [-0.15, -0.1) is 6.58 Å². The van der Waals surface area contributed by atoms with Crippen molar-refractivity contribution in [3.05, 3.63) is 90.0 Å². The van der Waals surface area contributed by atoms with Crippen LogP contribution in [-0.4, -0.2) is 14.6 Å². The van der Waals surface area contributed by atoms with Crippen LogP contribution >= 0.6 is 0 Å². The van der Waals surface area contributed by atoms with E-state index in [2.05, 4.69) is 101 Å². The van der Waals surface area contributed by atoms with E-state index in [-0.39, 0.29) is 0 Å². The zero-order valence-corrected chi connectivity index (χ0v) is 21.6. The lowest BCUT2D eigenvalue weighted by Crippen LogP contribution is -2.28. The van der Waals surface area contributed by atoms with Crippen LogP contribution in [0.15, 0.2) is 72.0 Å². The SMILES string of the molecule is C=CC(CC)(C(=C)C(C)C)c1cc(C)c(-c2ncco2)c2c3cccc(C)c3c3cc(C)nn3c12. The zero-order valence-electron chi connectivity index (χ0n) is 21.6. The van der Waals surface area contributed by atoms with E-state index < -0.39 is 5.41 Å². The number of hydrogen-bond donors (Lipinski definition) is 0. The maximum absolute atomic E-state index is 5.89. The predicted octanol–water partition coefficient (Wildman–Crippen LogP) is 8.27. The van der Waals surface area contributed by atoms with Crippen LogP contribution in [0.4, 0.5) is 0 Å². The molecule has 0 bridgehead atoms. The Labute approximate surface area is 207 Å². The maximum atomic E-state index is 5.89. The molecule has 0 saturated carbocycles. The van der Waals surface area contributed by atoms with E-state index in [1.807, 2.05) is 0 Å². The van der Waals surface area contributed by atoms with Crippen LogP contribution in [0.3, 0.4) is 0 Å². The van der Waals surface area contributed by atoms with Crippen LogP contribution < -0.4 is 0 Å². The molecule has 5 aromatic rings. The van der Waals surface area contributed by atoms with Crippen molar-refractivity contribution in [2.45, 2.75) is 53.4 Å². The Morgan fingerprint density at radius 2 is 1.91 bits per heavy atom. The molecule has 0 amide bonds. The van der Waals surface area contributed by atoms with Gasteiger partial charge < -0.3 is 4.42 Å². The van der Waals surface area contributed by atoms with Crippen LogP contribution in [0.1, 0.15) is 49.6 Å². The number of nitrogens with zero attached hydrogens (tertiary/aromatic N) is 3. The summed E-state index contributed by atoms with van der Waals surface area (Å²) < 4.78 is 8.02. The predicted molar refractivity (Wildman–Crippen MR) is 146 cm³/mol. The van der Waals surface area contributed by atoms with Gasteiger partial charge in [0, 0.05) is 16.2 Å². The van der Waals surface area contributed by atoms with Crippen LogP contribution in [-0.2, 0) is 5.41 Å². The first kappa shape index (κ1) is 23.1. The lowest BCUT2D eigenvalue weighted by molar-refractivity contribution is 0.536. The third-order valence-electron chi connectivity index (χ3n) is 7.64. The highest BCUT2D eigenvalue weighted by molar-refractivity contribution is 6.19. The van der Waals surface area contributed by atoms with Crippen LogP contribution in [0.25, 0.3) is 38.6 Å². The van der Waals surface area contributed by atoms with Crippen molar-refractivity contribution in [2.24, 2.45) is 5.92 Å². The van der Waals surface area contributed by atoms with Gasteiger partial charge in [-0.25, -0.2) is 9.50 Å². The highest BCUT2D eigenvalue weighted by Gasteiger charge is 2.36. The monoisotopic (exact) mass is 463 g/mol. The molecular formula is C31H33N3O. The molecule has 4 heteroatoms. The number of pyridine rings is 1. The van der Waals surface area contributed by atoms with Gasteiger partial charge in [0.2, 0.25) is 5.89 Å². The van der Waals surface area contributed by atoms with Gasteiger partial charge in [-0.05, 0) is 61.3 Å². The normalized spacial score (nSPS) is 13.7. The number of aryl methyl sites for hydroxylation is 3. The summed E-state index contributed by atoms with van der Waals surface area (Å²) in [6.45, 7) is 21.9. The summed E-state index contributed by atoms with van der Waals surface area (Å²) in [5.41, 5.74) is 8.40. The molecule has 3 aromatic heterocycles. The smallest absolute Gasteiger partial charge is 0.226 e. The van der Waals surface area contributed by atoms with Gasteiger partial charge in [-0.3, -0.25) is 0 Å². The molecule has 35 heavy (non-hydrogen) atoms. The lowest BCUT2D eigenvalue weighted by atomic mass is 9.68. The molecule has 0 aliphatic rings. The highest BCUT2D eigenvalue weighted by atomic mass is 16.3. The molecule has 0 saturated heterocycles. The van der Waals surface area contributed by atoms with Gasteiger partial charge in [-0.1, -0.05) is 63.3 Å². The molecule has 5 rings (SSSR count). The maximum Gasteiger partial charge on any atom is 0.226 e. The summed E-state index contributed by atoms with van der Waals surface area (Å²) in [7, 11) is 0. The number of allylic oxidation sites excluding steroid dienone is 2. The first-order valence-electron chi connectivity index (χ1n) is 12.3. The molecule has 0 fully saturated rings. The van der Waals surface area contributed by atoms with E-state index in [0.29, 0.717) is 11.8 Å². The van der Waals surface area contributed by atoms with Gasteiger partial charge in [0.25, 0.3) is 0 Å². The van der Waals surface area contributed by atoms with Gasteiger partial charge in [-0.2, -0.15) is 5.10 Å². The van der Waals surface area contributed by atoms with Gasteiger partial charge in [0.15, 0.2) is 0 Å². The largest absolute Gasteiger partial charge is 0.444 e. The molecule has 178 valence electrons. The Morgan fingerprint density at radius 1 is 1.14 bits per heavy atom. The van der Waals surface area contributed by atoms with E-state index in [1.165, 1.54) is 21.9 Å². The highest BCUT2D eigenvalue weighted by Crippen LogP contribution is 2.48. The molecular weight excluding hydrogens is 430 g/mol. The molecule has 2 aromatic carbocycles. The van der Waals surface area contributed by atoms with E-state index in [9.17, 15) is 0 Å². The summed E-state index contributed by atoms with van der Waals surface area (Å²) in [6, 6.07) is 11.0. The molecule has 0 aliphatic carbocycles. The molecule has 3 heterocycles. The fourth-order valence-electron chi connectivity index (χ4n) is 5.81. The van der Waals surface area contributed by atoms with Crippen molar-refractivity contribution < 1.29 is 4.42 Å². The van der Waals surface area contributed by atoms with Crippen molar-refractivity contribution in [1.82, 2.24) is 14.6 Å². The molecule has 1 atom stereocenters. The van der Waals surface area contributed by atoms with E-state index in [4.69, 9.17) is 9.52 Å². The minimum Gasteiger partial charge on any atom is -0.444 e. The second kappa shape index (κ2) is 8.23. The van der Waals surface area contributed by atoms with Gasteiger partial charge in [0.05, 0.1) is 28.5 Å². The topological polar surface area (TPSA) is 43.3 Å². The van der Waals surface area contributed by atoms with Crippen LogP contribution in [0.5, 0.6) is 0 Å². The average molecular weight is 464 g/mol. The van der Waals surface area contributed by atoms with Gasteiger partial charge >= 0.3 is 0 Å². The first-order chi connectivity index (χ1) is 16.7. The van der Waals surface area contributed by atoms with E-state index in [0.717, 1.165) is 45.2 Å². The second-order valence-electron chi connectivity index (χ2n) is 9.97. The Kier molecular flexibility index (Phi) is 5.43. The number of aromatic nitrogens is 3. The number of oxazole rings is 1. The quantitative estimate of drug-likeness (QED) is 0.188. The fourth-order valence-corrected chi connectivity index (χ4v) is 5.81. The van der Waals surface area contributed by atoms with Gasteiger partial charge in [0.1, 0.15) is 6.26 Å². The molecule has 0 N–H and O–H groups in total. The summed E-state index contributed by atoms with van der Waals surface area (Å²) in [6.07, 6.45) is 6.28. The first-order valence-corrected chi connectivity index (χ1v) is 12.3. The van der Waals surface area contributed by atoms with Crippen molar-refractivity contribution >= 4 is 27.2 Å². The molecule has 0 spiro atoms. The Hall–Kier alpha value is -3.66. The summed E-state index contributed by atoms with van der Waals surface area (Å²) >= 11 is 0. The lowest BCUT2D eigenvalue weighted by Gasteiger charge is -2.36. The molecule has 0 radical (unpaired) electrons. The van der Waals surface area contributed by atoms with E-state index in [1.54, 1.807) is 12.5 Å². The third-order valence-corrected chi connectivity index (χ3v) is 7.64. The number of rotatable bonds is 6. The Morgan fingerprint density at radius 3 is 2.54 bits per heavy atom. The fraction of sp³-hybridized carbons (Fsp3) is 0.290. The van der Waals surface area contributed by atoms with Crippen LogP contribution in [0, 0.1) is 26.7 Å². The van der Waals surface area contributed by atoms with Crippen molar-refractivity contribution in [2.75, 3.05) is 0 Å². The second-order valence-corrected chi connectivity index (χ2v) is 9.97. The zero-order chi connectivity index (χ0) is 25.1. The Balaban J connectivity index is 2.15. The summed E-state index contributed by atoms with van der Waals surface area (Å²) in [5, 5.41) is 8.52. The minimum absolute atomic E-state index is 0.298. The Bertz CT molecular complexity index is 1620. The molecule has 4 nitrogen and oxygen atoms in total. The third kappa shape index (κ3) is 3.19. The standard InChI is InChI=1S/C31H33N3O/c1-9-31(10-2,22(8)18(3)4)24-16-20(6)27(30-32-14-15-35-30)28-23-13-11-12-19(5)26(23)25-17-21(7)33-34(25)29(24)28/h9,11-18H,1,8,10H2,2-7H3. The molecule has 1 unspecified atom stereocenters. The molecule has 0 aliphatic heterocycles. The van der Waals surface area contributed by atoms with E-state index >= 15 is 0 Å². The summed E-state index contributed by atoms with van der Waals surface area (Å²) in [5.74, 6) is 0.917. The van der Waals surface area contributed by atoms with Crippen molar-refractivity contribution in [3.63, 3.8) is 0 Å². The minimum atomic E-state index is -0.406.